The smallest absolute Gasteiger partial charge is 0.280 e. The fourth-order valence-electron chi connectivity index (χ4n) is 2.87. The Labute approximate surface area is 146 Å². The number of rotatable bonds is 2. The number of nitro groups is 1. The first-order valence-electron chi connectivity index (χ1n) is 7.48. The summed E-state index contributed by atoms with van der Waals surface area (Å²) < 4.78 is 10.9. The number of carbonyl (C=O) groups is 1. The van der Waals surface area contributed by atoms with Crippen molar-refractivity contribution in [3.63, 3.8) is 0 Å². The van der Waals surface area contributed by atoms with Gasteiger partial charge in [0, 0.05) is 10.7 Å². The minimum Gasteiger partial charge on any atom is -0.486 e. The topological polar surface area (TPSA) is 103 Å². The number of nitro benzene ring substituents is 1. The van der Waals surface area contributed by atoms with Crippen LogP contribution in [0.1, 0.15) is 22.1 Å². The molecular formula is C16H12ClN3O5. The molecule has 0 bridgehead atoms. The Bertz CT molecular complexity index is 902. The molecule has 0 aromatic heterocycles. The molecule has 8 nitrogen and oxygen atoms in total. The van der Waals surface area contributed by atoms with Crippen LogP contribution >= 0.6 is 11.6 Å². The summed E-state index contributed by atoms with van der Waals surface area (Å²) in [6.07, 6.45) is -0.780. The number of amides is 1. The van der Waals surface area contributed by atoms with E-state index >= 15 is 0 Å². The Morgan fingerprint density at radius 2 is 1.84 bits per heavy atom. The highest BCUT2D eigenvalue weighted by Gasteiger charge is 2.32. The fourth-order valence-corrected chi connectivity index (χ4v) is 3.04. The molecule has 2 N–H and O–H groups in total. The highest BCUT2D eigenvalue weighted by atomic mass is 35.5. The van der Waals surface area contributed by atoms with Crippen LogP contribution in [0.25, 0.3) is 0 Å². The third-order valence-electron chi connectivity index (χ3n) is 4.00. The zero-order valence-corrected chi connectivity index (χ0v) is 13.5. The van der Waals surface area contributed by atoms with Gasteiger partial charge in [0.05, 0.1) is 22.1 Å². The van der Waals surface area contributed by atoms with E-state index in [1.807, 2.05) is 0 Å². The lowest BCUT2D eigenvalue weighted by Gasteiger charge is -2.29. The first kappa shape index (κ1) is 15.5. The van der Waals surface area contributed by atoms with Gasteiger partial charge in [-0.3, -0.25) is 14.9 Å². The van der Waals surface area contributed by atoms with Gasteiger partial charge in [-0.2, -0.15) is 0 Å². The van der Waals surface area contributed by atoms with Gasteiger partial charge in [0.15, 0.2) is 11.5 Å². The van der Waals surface area contributed by atoms with E-state index in [-0.39, 0.29) is 17.2 Å². The monoisotopic (exact) mass is 361 g/mol. The summed E-state index contributed by atoms with van der Waals surface area (Å²) >= 11 is 5.91. The number of benzene rings is 2. The van der Waals surface area contributed by atoms with Crippen molar-refractivity contribution in [3.8, 4) is 11.5 Å². The van der Waals surface area contributed by atoms with Gasteiger partial charge in [-0.25, -0.2) is 0 Å². The van der Waals surface area contributed by atoms with Crippen LogP contribution in [0.5, 0.6) is 11.5 Å². The summed E-state index contributed by atoms with van der Waals surface area (Å²) in [5.41, 5.74) is 1.04. The number of anilines is 1. The molecule has 1 atom stereocenters. The standard InChI is InChI=1S/C16H12ClN3O5/c17-8-1-2-11-9(5-8)16(21)19-15(18-11)10-6-13-14(25-4-3-24-13)7-12(10)20(22)23/h1-2,5-7,15,18H,3-4H2,(H,19,21)/t15-/m1/s1. The van der Waals surface area contributed by atoms with Crippen LogP contribution in [0.3, 0.4) is 0 Å². The number of fused-ring (bicyclic) bond motifs is 2. The molecule has 1 amide bonds. The van der Waals surface area contributed by atoms with Gasteiger partial charge in [-0.05, 0) is 24.3 Å². The number of nitrogens with one attached hydrogen (secondary N) is 2. The molecule has 2 heterocycles. The molecule has 4 rings (SSSR count). The van der Waals surface area contributed by atoms with Gasteiger partial charge in [0.25, 0.3) is 11.6 Å². The summed E-state index contributed by atoms with van der Waals surface area (Å²) in [4.78, 5) is 23.3. The van der Waals surface area contributed by atoms with Crippen LogP contribution in [0.15, 0.2) is 30.3 Å². The van der Waals surface area contributed by atoms with Crippen molar-refractivity contribution in [1.82, 2.24) is 5.32 Å². The number of hydrogen-bond donors (Lipinski definition) is 2. The molecule has 0 radical (unpaired) electrons. The maximum atomic E-state index is 12.4. The summed E-state index contributed by atoms with van der Waals surface area (Å²) in [6.45, 7) is 0.687. The predicted octanol–water partition coefficient (Wildman–Crippen LogP) is 2.87. The van der Waals surface area contributed by atoms with Crippen LogP contribution in [0.4, 0.5) is 11.4 Å². The van der Waals surface area contributed by atoms with Crippen molar-refractivity contribution in [1.29, 1.82) is 0 Å². The fraction of sp³-hybridized carbons (Fsp3) is 0.188. The van der Waals surface area contributed by atoms with Gasteiger partial charge < -0.3 is 20.1 Å². The molecule has 0 saturated carbocycles. The van der Waals surface area contributed by atoms with E-state index in [2.05, 4.69) is 10.6 Å². The lowest BCUT2D eigenvalue weighted by molar-refractivity contribution is -0.385. The summed E-state index contributed by atoms with van der Waals surface area (Å²) in [6, 6.07) is 7.67. The molecule has 0 saturated heterocycles. The zero-order valence-electron chi connectivity index (χ0n) is 12.7. The maximum Gasteiger partial charge on any atom is 0.280 e. The van der Waals surface area contributed by atoms with Crippen LogP contribution in [-0.4, -0.2) is 24.0 Å². The molecule has 128 valence electrons. The minimum atomic E-state index is -0.780. The second kappa shape index (κ2) is 5.82. The van der Waals surface area contributed by atoms with E-state index in [4.69, 9.17) is 21.1 Å². The Morgan fingerprint density at radius 3 is 2.56 bits per heavy atom. The Kier molecular flexibility index (Phi) is 3.61. The number of hydrogen-bond acceptors (Lipinski definition) is 6. The van der Waals surface area contributed by atoms with E-state index in [9.17, 15) is 14.9 Å². The Balaban J connectivity index is 1.78. The summed E-state index contributed by atoms with van der Waals surface area (Å²) in [5, 5.41) is 17.7. The average molecular weight is 362 g/mol. The number of carbonyl (C=O) groups excluding carboxylic acids is 1. The van der Waals surface area contributed by atoms with Crippen LogP contribution < -0.4 is 20.1 Å². The number of nitrogens with zero attached hydrogens (tertiary/aromatic N) is 1. The highest BCUT2D eigenvalue weighted by Crippen LogP contribution is 2.40. The lowest BCUT2D eigenvalue weighted by Crippen LogP contribution is -2.38. The van der Waals surface area contributed by atoms with E-state index < -0.39 is 11.1 Å². The second-order valence-corrected chi connectivity index (χ2v) is 5.99. The van der Waals surface area contributed by atoms with Gasteiger partial charge in [-0.15, -0.1) is 0 Å². The van der Waals surface area contributed by atoms with Crippen molar-refractivity contribution in [2.24, 2.45) is 0 Å². The number of halogens is 1. The second-order valence-electron chi connectivity index (χ2n) is 5.55. The van der Waals surface area contributed by atoms with Crippen LogP contribution in [0, 0.1) is 10.1 Å². The maximum absolute atomic E-state index is 12.4. The molecule has 0 fully saturated rings. The van der Waals surface area contributed by atoms with Crippen molar-refractivity contribution in [3.05, 3.63) is 56.6 Å². The first-order chi connectivity index (χ1) is 12.0. The largest absolute Gasteiger partial charge is 0.486 e. The van der Waals surface area contributed by atoms with E-state index in [1.165, 1.54) is 18.2 Å². The lowest BCUT2D eigenvalue weighted by atomic mass is 10.0. The molecule has 2 aliphatic rings. The number of ether oxygens (including phenoxy) is 2. The first-order valence-corrected chi connectivity index (χ1v) is 7.85. The van der Waals surface area contributed by atoms with E-state index in [0.717, 1.165) is 0 Å². The van der Waals surface area contributed by atoms with Gasteiger partial charge in [0.2, 0.25) is 0 Å². The van der Waals surface area contributed by atoms with E-state index in [0.29, 0.717) is 41.0 Å². The molecule has 0 unspecified atom stereocenters. The average Bonchev–Trinajstić information content (AvgIpc) is 2.61. The predicted molar refractivity (Wildman–Crippen MR) is 89.4 cm³/mol. The SMILES string of the molecule is O=C1N[C@H](c2cc3c(cc2[N+](=O)[O-])OCCO3)Nc2ccc(Cl)cc21. The highest BCUT2D eigenvalue weighted by molar-refractivity contribution is 6.31. The van der Waals surface area contributed by atoms with Crippen molar-refractivity contribution in [2.45, 2.75) is 6.17 Å². The Morgan fingerprint density at radius 1 is 1.12 bits per heavy atom. The van der Waals surface area contributed by atoms with E-state index in [1.54, 1.807) is 12.1 Å². The third kappa shape index (κ3) is 2.70. The third-order valence-corrected chi connectivity index (χ3v) is 4.24. The van der Waals surface area contributed by atoms with Gasteiger partial charge >= 0.3 is 0 Å². The van der Waals surface area contributed by atoms with Gasteiger partial charge in [0.1, 0.15) is 19.4 Å². The molecule has 0 aliphatic carbocycles. The molecule has 9 heteroatoms. The summed E-state index contributed by atoms with van der Waals surface area (Å²) in [7, 11) is 0. The van der Waals surface area contributed by atoms with Crippen molar-refractivity contribution in [2.75, 3.05) is 18.5 Å². The van der Waals surface area contributed by atoms with Crippen molar-refractivity contribution < 1.29 is 19.2 Å². The molecule has 0 spiro atoms. The van der Waals surface area contributed by atoms with Crippen LogP contribution in [0.2, 0.25) is 5.02 Å². The normalized spacial score (nSPS) is 18.0. The van der Waals surface area contributed by atoms with Crippen molar-refractivity contribution >= 4 is 28.9 Å². The molecular weight excluding hydrogens is 350 g/mol. The summed E-state index contributed by atoms with van der Waals surface area (Å²) in [5.74, 6) is 0.353. The molecule has 2 aromatic carbocycles. The quantitative estimate of drug-likeness (QED) is 0.629. The van der Waals surface area contributed by atoms with Crippen LogP contribution in [-0.2, 0) is 0 Å². The molecule has 2 aromatic rings. The molecule has 2 aliphatic heterocycles. The molecule has 25 heavy (non-hydrogen) atoms. The minimum absolute atomic E-state index is 0.167. The Hall–Kier alpha value is -3.00. The zero-order chi connectivity index (χ0) is 17.6. The van der Waals surface area contributed by atoms with Gasteiger partial charge in [-0.1, -0.05) is 11.6 Å².